The first-order chi connectivity index (χ1) is 29.5. The number of carbonyl (C=O) groups is 3. The summed E-state index contributed by atoms with van der Waals surface area (Å²) < 4.78 is 16.6. The van der Waals surface area contributed by atoms with E-state index in [1.165, 1.54) is 96.3 Å². The van der Waals surface area contributed by atoms with Crippen molar-refractivity contribution < 1.29 is 28.6 Å². The molecule has 6 nitrogen and oxygen atoms in total. The topological polar surface area (TPSA) is 78.9 Å². The van der Waals surface area contributed by atoms with Crippen molar-refractivity contribution in [1.82, 2.24) is 0 Å². The van der Waals surface area contributed by atoms with Crippen LogP contribution in [0.25, 0.3) is 0 Å². The van der Waals surface area contributed by atoms with E-state index < -0.39 is 6.10 Å². The molecule has 0 saturated carbocycles. The van der Waals surface area contributed by atoms with Crippen molar-refractivity contribution in [2.24, 2.45) is 0 Å². The summed E-state index contributed by atoms with van der Waals surface area (Å²) in [7, 11) is 0. The van der Waals surface area contributed by atoms with E-state index in [9.17, 15) is 14.4 Å². The molecule has 0 fully saturated rings. The maximum atomic E-state index is 12.7. The first-order valence-corrected chi connectivity index (χ1v) is 24.9. The minimum atomic E-state index is -0.799. The molecule has 60 heavy (non-hydrogen) atoms. The van der Waals surface area contributed by atoms with Crippen molar-refractivity contribution in [3.05, 3.63) is 72.9 Å². The summed E-state index contributed by atoms with van der Waals surface area (Å²) in [6, 6.07) is 0. The molecule has 0 aromatic carbocycles. The van der Waals surface area contributed by atoms with Gasteiger partial charge in [0.1, 0.15) is 13.2 Å². The Morgan fingerprint density at radius 2 is 0.650 bits per heavy atom. The highest BCUT2D eigenvalue weighted by Gasteiger charge is 2.19. The number of ether oxygens (including phenoxy) is 3. The van der Waals surface area contributed by atoms with Gasteiger partial charge in [-0.15, -0.1) is 0 Å². The summed E-state index contributed by atoms with van der Waals surface area (Å²) in [4.78, 5) is 37.6. The SMILES string of the molecule is CC/C=C\C/C=C\C/C=C\C/C=C\C/C=C\C/C=C\CCC(=O)OCC(COC(=O)CCCCCCC)OC(=O)CCCCCCCCCCCCCCCCCCCC. The van der Waals surface area contributed by atoms with E-state index in [1.807, 2.05) is 12.2 Å². The lowest BCUT2D eigenvalue weighted by atomic mass is 10.0. The molecule has 0 saturated heterocycles. The molecule has 0 aromatic heterocycles. The normalized spacial score (nSPS) is 12.7. The number of esters is 3. The van der Waals surface area contributed by atoms with Gasteiger partial charge in [-0.1, -0.05) is 229 Å². The zero-order chi connectivity index (χ0) is 43.7. The summed E-state index contributed by atoms with van der Waals surface area (Å²) >= 11 is 0. The second-order valence-corrected chi connectivity index (χ2v) is 16.4. The highest BCUT2D eigenvalue weighted by atomic mass is 16.6. The Labute approximate surface area is 370 Å². The van der Waals surface area contributed by atoms with Gasteiger partial charge in [-0.25, -0.2) is 0 Å². The third kappa shape index (κ3) is 45.9. The average Bonchev–Trinajstić information content (AvgIpc) is 3.24. The molecule has 0 rings (SSSR count). The van der Waals surface area contributed by atoms with Crippen LogP contribution in [-0.4, -0.2) is 37.2 Å². The Morgan fingerprint density at radius 3 is 1.02 bits per heavy atom. The molecular formula is C54H92O6. The molecule has 0 aliphatic heterocycles. The summed E-state index contributed by atoms with van der Waals surface area (Å²) in [6.07, 6.45) is 60.8. The molecule has 0 heterocycles. The van der Waals surface area contributed by atoms with Crippen LogP contribution in [0, 0.1) is 0 Å². The highest BCUT2D eigenvalue weighted by molar-refractivity contribution is 5.71. The number of hydrogen-bond acceptors (Lipinski definition) is 6. The zero-order valence-electron chi connectivity index (χ0n) is 39.2. The van der Waals surface area contributed by atoms with E-state index in [4.69, 9.17) is 14.2 Å². The van der Waals surface area contributed by atoms with Crippen molar-refractivity contribution in [1.29, 1.82) is 0 Å². The number of allylic oxidation sites excluding steroid dienone is 12. The minimum Gasteiger partial charge on any atom is -0.462 e. The van der Waals surface area contributed by atoms with Crippen LogP contribution in [0.5, 0.6) is 0 Å². The van der Waals surface area contributed by atoms with E-state index in [-0.39, 0.29) is 37.5 Å². The Balaban J connectivity index is 4.28. The molecule has 344 valence electrons. The molecule has 6 heteroatoms. The molecule has 0 spiro atoms. The average molecular weight is 837 g/mol. The van der Waals surface area contributed by atoms with Crippen molar-refractivity contribution in [3.8, 4) is 0 Å². The van der Waals surface area contributed by atoms with Crippen LogP contribution in [0.1, 0.15) is 233 Å². The third-order valence-corrected chi connectivity index (χ3v) is 10.5. The standard InChI is InChI=1S/C54H92O6/c1-4-7-10-13-15-17-19-21-23-25-27-29-30-32-34-36-38-41-44-47-53(56)59-50-51(49-58-52(55)46-43-40-12-9-6-3)60-54(57)48-45-42-39-37-35-33-31-28-26-24-22-20-18-16-14-11-8-5-2/h7,10,15,17,21,23,27,29,32,34,38,41,51H,4-6,8-9,11-14,16,18-20,22,24-26,28,30-31,33,35-37,39-40,42-50H2,1-3H3/b10-7-,17-15-,23-21-,29-27-,34-32-,41-38-. The molecular weight excluding hydrogens is 745 g/mol. The molecule has 0 aliphatic carbocycles. The number of carbonyl (C=O) groups excluding carboxylic acids is 3. The molecule has 0 amide bonds. The Kier molecular flexibility index (Phi) is 46.0. The predicted octanol–water partition coefficient (Wildman–Crippen LogP) is 16.3. The molecule has 1 unspecified atom stereocenters. The second kappa shape index (κ2) is 48.5. The van der Waals surface area contributed by atoms with Crippen molar-refractivity contribution in [3.63, 3.8) is 0 Å². The van der Waals surface area contributed by atoms with Crippen molar-refractivity contribution >= 4 is 17.9 Å². The number of rotatable bonds is 44. The summed E-state index contributed by atoms with van der Waals surface area (Å²) in [5, 5.41) is 0. The Hall–Kier alpha value is -3.15. The van der Waals surface area contributed by atoms with Gasteiger partial charge in [0.2, 0.25) is 0 Å². The maximum absolute atomic E-state index is 12.7. The van der Waals surface area contributed by atoms with E-state index in [0.717, 1.165) is 89.9 Å². The van der Waals surface area contributed by atoms with E-state index in [2.05, 4.69) is 81.5 Å². The van der Waals surface area contributed by atoms with Gasteiger partial charge in [0.05, 0.1) is 0 Å². The molecule has 0 bridgehead atoms. The van der Waals surface area contributed by atoms with Gasteiger partial charge in [0.25, 0.3) is 0 Å². The Bertz CT molecular complexity index is 1140. The minimum absolute atomic E-state index is 0.0981. The smallest absolute Gasteiger partial charge is 0.306 e. The van der Waals surface area contributed by atoms with Crippen LogP contribution < -0.4 is 0 Å². The van der Waals surface area contributed by atoms with Gasteiger partial charge in [-0.2, -0.15) is 0 Å². The largest absolute Gasteiger partial charge is 0.462 e. The van der Waals surface area contributed by atoms with Crippen LogP contribution in [0.2, 0.25) is 0 Å². The fraction of sp³-hybridized carbons (Fsp3) is 0.722. The van der Waals surface area contributed by atoms with Crippen LogP contribution in [0.15, 0.2) is 72.9 Å². The first kappa shape index (κ1) is 56.9. The van der Waals surface area contributed by atoms with Crippen LogP contribution in [-0.2, 0) is 28.6 Å². The van der Waals surface area contributed by atoms with Gasteiger partial charge in [-0.3, -0.25) is 14.4 Å². The molecule has 0 radical (unpaired) electrons. The van der Waals surface area contributed by atoms with Crippen molar-refractivity contribution in [2.45, 2.75) is 239 Å². The first-order valence-electron chi connectivity index (χ1n) is 24.9. The lowest BCUT2D eigenvalue weighted by Crippen LogP contribution is -2.30. The Morgan fingerprint density at radius 1 is 0.350 bits per heavy atom. The fourth-order valence-corrected chi connectivity index (χ4v) is 6.76. The molecule has 1 atom stereocenters. The number of unbranched alkanes of at least 4 members (excludes halogenated alkanes) is 21. The lowest BCUT2D eigenvalue weighted by Gasteiger charge is -2.18. The van der Waals surface area contributed by atoms with E-state index in [1.54, 1.807) is 0 Å². The third-order valence-electron chi connectivity index (χ3n) is 10.5. The van der Waals surface area contributed by atoms with Gasteiger partial charge >= 0.3 is 17.9 Å². The monoisotopic (exact) mass is 837 g/mol. The van der Waals surface area contributed by atoms with Gasteiger partial charge in [0, 0.05) is 19.3 Å². The molecule has 0 N–H and O–H groups in total. The highest BCUT2D eigenvalue weighted by Crippen LogP contribution is 2.15. The van der Waals surface area contributed by atoms with Crippen molar-refractivity contribution in [2.75, 3.05) is 13.2 Å². The van der Waals surface area contributed by atoms with Crippen LogP contribution in [0.3, 0.4) is 0 Å². The molecule has 0 aromatic rings. The maximum Gasteiger partial charge on any atom is 0.306 e. The predicted molar refractivity (Wildman–Crippen MR) is 256 cm³/mol. The zero-order valence-corrected chi connectivity index (χ0v) is 39.2. The summed E-state index contributed by atoms with van der Waals surface area (Å²) in [5.41, 5.74) is 0. The number of hydrogen-bond donors (Lipinski definition) is 0. The van der Waals surface area contributed by atoms with Crippen LogP contribution >= 0.6 is 0 Å². The van der Waals surface area contributed by atoms with E-state index in [0.29, 0.717) is 19.3 Å². The van der Waals surface area contributed by atoms with Crippen LogP contribution in [0.4, 0.5) is 0 Å². The quantitative estimate of drug-likeness (QED) is 0.0263. The summed E-state index contributed by atoms with van der Waals surface area (Å²) in [6.45, 7) is 6.38. The molecule has 0 aliphatic rings. The van der Waals surface area contributed by atoms with Gasteiger partial charge in [0.15, 0.2) is 6.10 Å². The summed E-state index contributed by atoms with van der Waals surface area (Å²) in [5.74, 6) is -0.998. The lowest BCUT2D eigenvalue weighted by molar-refractivity contribution is -0.166. The van der Waals surface area contributed by atoms with Gasteiger partial charge < -0.3 is 14.2 Å². The van der Waals surface area contributed by atoms with Gasteiger partial charge in [-0.05, 0) is 57.8 Å². The fourth-order valence-electron chi connectivity index (χ4n) is 6.76. The second-order valence-electron chi connectivity index (χ2n) is 16.4. The van der Waals surface area contributed by atoms with E-state index >= 15 is 0 Å².